The first-order valence-electron chi connectivity index (χ1n) is 11.9. The number of aromatic nitrogens is 2. The summed E-state index contributed by atoms with van der Waals surface area (Å²) in [6.07, 6.45) is 4.73. The van der Waals surface area contributed by atoms with Crippen LogP contribution in [0.5, 0.6) is 0 Å². The van der Waals surface area contributed by atoms with E-state index >= 15 is 0 Å². The first kappa shape index (κ1) is 22.5. The molecule has 3 unspecified atom stereocenters. The van der Waals surface area contributed by atoms with Gasteiger partial charge in [-0.05, 0) is 48.3 Å². The van der Waals surface area contributed by atoms with Crippen LogP contribution in [0.3, 0.4) is 0 Å². The van der Waals surface area contributed by atoms with Crippen molar-refractivity contribution in [1.82, 2.24) is 20.4 Å². The fourth-order valence-electron chi connectivity index (χ4n) is 5.13. The monoisotopic (exact) mass is 459 g/mol. The molecule has 2 aliphatic rings. The van der Waals surface area contributed by atoms with Crippen LogP contribution in [0.15, 0.2) is 53.5 Å². The maximum Gasteiger partial charge on any atom is 0.251 e. The van der Waals surface area contributed by atoms with Gasteiger partial charge in [0.05, 0.1) is 11.2 Å². The van der Waals surface area contributed by atoms with Crippen molar-refractivity contribution in [3.63, 3.8) is 0 Å². The number of piperidine rings is 1. The summed E-state index contributed by atoms with van der Waals surface area (Å²) in [5.74, 6) is 0.416. The molecule has 0 bridgehead atoms. The smallest absolute Gasteiger partial charge is 0.251 e. The van der Waals surface area contributed by atoms with E-state index in [0.717, 1.165) is 41.7 Å². The van der Waals surface area contributed by atoms with Crippen LogP contribution in [0.1, 0.15) is 41.9 Å². The molecule has 2 aliphatic heterocycles. The van der Waals surface area contributed by atoms with Gasteiger partial charge >= 0.3 is 0 Å². The van der Waals surface area contributed by atoms with Crippen molar-refractivity contribution >= 4 is 28.6 Å². The molecule has 1 amide bonds. The van der Waals surface area contributed by atoms with Gasteiger partial charge in [0.15, 0.2) is 0 Å². The number of benzene rings is 2. The van der Waals surface area contributed by atoms with Crippen molar-refractivity contribution in [3.8, 4) is 0 Å². The lowest BCUT2D eigenvalue weighted by Crippen LogP contribution is -2.50. The lowest BCUT2D eigenvalue weighted by molar-refractivity contribution is 0.0869. The van der Waals surface area contributed by atoms with Crippen molar-refractivity contribution in [2.45, 2.75) is 32.9 Å². The number of likely N-dealkylation sites (tertiary alicyclic amines) is 1. The number of carbonyl (C=O) groups excluding carboxylic acids is 1. The van der Waals surface area contributed by atoms with Crippen LogP contribution in [0.2, 0.25) is 0 Å². The number of allylic oxidation sites excluding steroid dienone is 1. The molecule has 1 saturated heterocycles. The summed E-state index contributed by atoms with van der Waals surface area (Å²) in [4.78, 5) is 19.8. The zero-order valence-corrected chi connectivity index (χ0v) is 19.6. The lowest BCUT2D eigenvalue weighted by Gasteiger charge is -2.37. The molecule has 3 heterocycles. The molecule has 34 heavy (non-hydrogen) atoms. The summed E-state index contributed by atoms with van der Waals surface area (Å²) >= 11 is 0. The van der Waals surface area contributed by atoms with Gasteiger partial charge in [-0.15, -0.1) is 0 Å². The average Bonchev–Trinajstić information content (AvgIpc) is 3.23. The molecule has 0 saturated carbocycles. The highest BCUT2D eigenvalue weighted by molar-refractivity contribution is 6.01. The van der Waals surface area contributed by atoms with Gasteiger partial charge in [0.25, 0.3) is 5.91 Å². The topological polar surface area (TPSA) is 73.4 Å². The average molecular weight is 460 g/mol. The third kappa shape index (κ3) is 4.66. The van der Waals surface area contributed by atoms with Crippen LogP contribution < -0.4 is 5.32 Å². The van der Waals surface area contributed by atoms with E-state index in [1.54, 1.807) is 6.07 Å². The minimum absolute atomic E-state index is 0.0137. The summed E-state index contributed by atoms with van der Waals surface area (Å²) in [6.45, 7) is 7.19. The molecule has 2 N–H and O–H groups in total. The number of aromatic amines is 1. The van der Waals surface area contributed by atoms with Gasteiger partial charge in [0.2, 0.25) is 0 Å². The molecule has 6 nitrogen and oxygen atoms in total. The molecular weight excluding hydrogens is 429 g/mol. The number of nitrogens with one attached hydrogen (secondary N) is 2. The molecule has 3 aromatic rings. The van der Waals surface area contributed by atoms with E-state index in [-0.39, 0.29) is 23.7 Å². The fraction of sp³-hybridized carbons (Fsp3) is 0.370. The standard InChI is InChI=1S/C27H30FN5O/c1-17-11-21(16-33(14-17)15-20-5-3-4-6-24(20)28)30-27(34)19-7-8-25-23(12-19)26(32-31-25)22-9-10-29-13-18(22)2/h3-10,12,17-18,21H,11,13-16H2,1-2H3,(H,30,34)(H,31,32). The van der Waals surface area contributed by atoms with Gasteiger partial charge in [-0.2, -0.15) is 5.10 Å². The van der Waals surface area contributed by atoms with Crippen LogP contribution in [0, 0.1) is 17.7 Å². The Hall–Kier alpha value is -3.32. The third-order valence-corrected chi connectivity index (χ3v) is 6.79. The number of dihydropyridines is 1. The minimum atomic E-state index is -0.181. The van der Waals surface area contributed by atoms with Crippen molar-refractivity contribution in [2.24, 2.45) is 16.8 Å². The number of rotatable bonds is 5. The first-order valence-corrected chi connectivity index (χ1v) is 11.9. The number of amides is 1. The van der Waals surface area contributed by atoms with Crippen LogP contribution in [-0.4, -0.2) is 52.9 Å². The summed E-state index contributed by atoms with van der Waals surface area (Å²) in [5, 5.41) is 11.8. The summed E-state index contributed by atoms with van der Waals surface area (Å²) < 4.78 is 14.1. The Labute approximate surface area is 199 Å². The van der Waals surface area contributed by atoms with E-state index in [1.165, 1.54) is 6.07 Å². The van der Waals surface area contributed by atoms with Gasteiger partial charge in [0, 0.05) is 60.9 Å². The molecule has 3 atom stereocenters. The molecule has 5 rings (SSSR count). The Kier molecular flexibility index (Phi) is 6.28. The molecule has 1 fully saturated rings. The van der Waals surface area contributed by atoms with E-state index in [4.69, 9.17) is 0 Å². The molecular formula is C27H30FN5O. The quantitative estimate of drug-likeness (QED) is 0.592. The van der Waals surface area contributed by atoms with Crippen molar-refractivity contribution in [3.05, 3.63) is 71.2 Å². The second-order valence-electron chi connectivity index (χ2n) is 9.67. The number of hydrogen-bond acceptors (Lipinski definition) is 4. The van der Waals surface area contributed by atoms with Gasteiger partial charge < -0.3 is 5.32 Å². The number of hydrogen-bond donors (Lipinski definition) is 2. The number of aliphatic imine (C=N–C) groups is 1. The second-order valence-corrected chi connectivity index (χ2v) is 9.67. The van der Waals surface area contributed by atoms with Crippen LogP contribution in [-0.2, 0) is 6.54 Å². The number of H-pyrrole nitrogens is 1. The van der Waals surface area contributed by atoms with Gasteiger partial charge in [-0.25, -0.2) is 4.39 Å². The van der Waals surface area contributed by atoms with E-state index in [0.29, 0.717) is 30.1 Å². The van der Waals surface area contributed by atoms with Crippen molar-refractivity contribution in [2.75, 3.05) is 19.6 Å². The number of fused-ring (bicyclic) bond motifs is 1. The number of nitrogens with zero attached hydrogens (tertiary/aromatic N) is 3. The second kappa shape index (κ2) is 9.50. The van der Waals surface area contributed by atoms with E-state index in [1.807, 2.05) is 42.6 Å². The molecule has 2 aromatic carbocycles. The largest absolute Gasteiger partial charge is 0.348 e. The molecule has 7 heteroatoms. The Morgan fingerprint density at radius 1 is 1.21 bits per heavy atom. The minimum Gasteiger partial charge on any atom is -0.348 e. The van der Waals surface area contributed by atoms with Gasteiger partial charge in [-0.3, -0.25) is 19.8 Å². The van der Waals surface area contributed by atoms with Crippen molar-refractivity contribution in [1.29, 1.82) is 0 Å². The molecule has 0 aliphatic carbocycles. The SMILES string of the molecule is CC1CC(NC(=O)c2ccc3[nH]nc(C4=CC=NCC4C)c3c2)CN(Cc2ccccc2F)C1. The number of carbonyl (C=O) groups is 1. The summed E-state index contributed by atoms with van der Waals surface area (Å²) in [7, 11) is 0. The normalized spacial score (nSPS) is 23.1. The molecule has 0 radical (unpaired) electrons. The Bertz CT molecular complexity index is 1260. The van der Waals surface area contributed by atoms with Gasteiger partial charge in [-0.1, -0.05) is 32.0 Å². The maximum absolute atomic E-state index is 14.1. The third-order valence-electron chi connectivity index (χ3n) is 6.79. The maximum atomic E-state index is 14.1. The summed E-state index contributed by atoms with van der Waals surface area (Å²) in [5.41, 5.74) is 4.22. The number of halogens is 1. The van der Waals surface area contributed by atoms with Crippen LogP contribution in [0.4, 0.5) is 4.39 Å². The predicted octanol–water partition coefficient (Wildman–Crippen LogP) is 4.45. The van der Waals surface area contributed by atoms with E-state index in [2.05, 4.69) is 39.3 Å². The molecule has 1 aromatic heterocycles. The van der Waals surface area contributed by atoms with E-state index < -0.39 is 0 Å². The highest BCUT2D eigenvalue weighted by Crippen LogP contribution is 2.30. The predicted molar refractivity (Wildman–Crippen MR) is 133 cm³/mol. The van der Waals surface area contributed by atoms with Crippen molar-refractivity contribution < 1.29 is 9.18 Å². The highest BCUT2D eigenvalue weighted by Gasteiger charge is 2.27. The Morgan fingerprint density at radius 3 is 2.88 bits per heavy atom. The van der Waals surface area contributed by atoms with Crippen LogP contribution >= 0.6 is 0 Å². The zero-order chi connectivity index (χ0) is 23.7. The fourth-order valence-corrected chi connectivity index (χ4v) is 5.13. The van der Waals surface area contributed by atoms with E-state index in [9.17, 15) is 9.18 Å². The zero-order valence-electron chi connectivity index (χ0n) is 19.6. The Morgan fingerprint density at radius 2 is 2.06 bits per heavy atom. The molecule has 176 valence electrons. The highest BCUT2D eigenvalue weighted by atomic mass is 19.1. The molecule has 0 spiro atoms. The first-order chi connectivity index (χ1) is 16.5. The lowest BCUT2D eigenvalue weighted by atomic mass is 9.93. The van der Waals surface area contributed by atoms with Crippen LogP contribution in [0.25, 0.3) is 16.5 Å². The summed E-state index contributed by atoms with van der Waals surface area (Å²) in [6, 6.07) is 12.6. The van der Waals surface area contributed by atoms with Gasteiger partial charge in [0.1, 0.15) is 5.82 Å². The Balaban J connectivity index is 1.32.